The van der Waals surface area contributed by atoms with Crippen LogP contribution in [0.3, 0.4) is 0 Å². The molecule has 0 amide bonds. The number of carbonyl (C=O) groups is 1. The summed E-state index contributed by atoms with van der Waals surface area (Å²) in [6, 6.07) is 18.3. The van der Waals surface area contributed by atoms with Crippen LogP contribution < -0.4 is 0 Å². The number of esters is 1. The van der Waals surface area contributed by atoms with E-state index in [1.54, 1.807) is 6.20 Å². The number of nitrogens with zero attached hydrogens (tertiary/aromatic N) is 1. The molecule has 1 aromatic heterocycles. The van der Waals surface area contributed by atoms with Crippen molar-refractivity contribution in [2.75, 3.05) is 6.61 Å². The smallest absolute Gasteiger partial charge is 0.310 e. The lowest BCUT2D eigenvalue weighted by molar-refractivity contribution is -0.144. The number of hydrogen-bond donors (Lipinski definition) is 0. The summed E-state index contributed by atoms with van der Waals surface area (Å²) in [6.07, 6.45) is 3.12. The fourth-order valence-corrected chi connectivity index (χ4v) is 3.60. The molecule has 0 spiro atoms. The standard InChI is InChI=1S/C21H19NO3/c1-2-24-21(23)20-18(14-7-4-3-5-8-14)19(20)16-10-6-9-15(11-16)17-12-22-13-25-17/h3-13,18-20H,2H2,1H3/t18-,19-,20-/m1/s1. The van der Waals surface area contributed by atoms with Crippen LogP contribution >= 0.6 is 0 Å². The largest absolute Gasteiger partial charge is 0.466 e. The first-order valence-electron chi connectivity index (χ1n) is 8.50. The van der Waals surface area contributed by atoms with Crippen molar-refractivity contribution in [1.29, 1.82) is 0 Å². The van der Waals surface area contributed by atoms with Gasteiger partial charge in [-0.15, -0.1) is 0 Å². The minimum Gasteiger partial charge on any atom is -0.466 e. The van der Waals surface area contributed by atoms with Crippen molar-refractivity contribution in [2.45, 2.75) is 18.8 Å². The van der Waals surface area contributed by atoms with Crippen LogP contribution in [0.25, 0.3) is 11.3 Å². The van der Waals surface area contributed by atoms with E-state index in [2.05, 4.69) is 29.2 Å². The van der Waals surface area contributed by atoms with E-state index in [0.717, 1.165) is 16.9 Å². The fraction of sp³-hybridized carbons (Fsp3) is 0.238. The normalized spacial score (nSPS) is 21.7. The molecule has 4 rings (SSSR count). The van der Waals surface area contributed by atoms with Crippen LogP contribution in [-0.2, 0) is 9.53 Å². The molecule has 1 fully saturated rings. The Labute approximate surface area is 146 Å². The molecule has 3 aromatic rings. The van der Waals surface area contributed by atoms with Crippen LogP contribution in [0.15, 0.2) is 71.6 Å². The molecular formula is C21H19NO3. The Morgan fingerprint density at radius 2 is 1.84 bits per heavy atom. The number of benzene rings is 2. The summed E-state index contributed by atoms with van der Waals surface area (Å²) in [5, 5.41) is 0. The third-order valence-corrected chi connectivity index (χ3v) is 4.75. The van der Waals surface area contributed by atoms with Crippen molar-refractivity contribution < 1.29 is 13.9 Å². The van der Waals surface area contributed by atoms with Gasteiger partial charge in [-0.05, 0) is 24.1 Å². The molecule has 0 saturated heterocycles. The summed E-state index contributed by atoms with van der Waals surface area (Å²) in [6.45, 7) is 2.25. The van der Waals surface area contributed by atoms with Gasteiger partial charge in [-0.3, -0.25) is 4.79 Å². The highest BCUT2D eigenvalue weighted by molar-refractivity contribution is 5.80. The molecule has 0 radical (unpaired) electrons. The molecule has 0 unspecified atom stereocenters. The molecule has 126 valence electrons. The van der Waals surface area contributed by atoms with E-state index in [1.807, 2.05) is 37.3 Å². The summed E-state index contributed by atoms with van der Waals surface area (Å²) in [4.78, 5) is 16.4. The summed E-state index contributed by atoms with van der Waals surface area (Å²) in [5.41, 5.74) is 3.27. The third kappa shape index (κ3) is 2.95. The molecule has 1 aliphatic carbocycles. The van der Waals surface area contributed by atoms with E-state index < -0.39 is 0 Å². The first kappa shape index (κ1) is 15.6. The second-order valence-corrected chi connectivity index (χ2v) is 6.23. The van der Waals surface area contributed by atoms with Crippen LogP contribution in [0.2, 0.25) is 0 Å². The third-order valence-electron chi connectivity index (χ3n) is 4.75. The van der Waals surface area contributed by atoms with Crippen LogP contribution in [0.4, 0.5) is 0 Å². The Morgan fingerprint density at radius 3 is 2.56 bits per heavy atom. The van der Waals surface area contributed by atoms with Gasteiger partial charge < -0.3 is 9.15 Å². The quantitative estimate of drug-likeness (QED) is 0.649. The van der Waals surface area contributed by atoms with Gasteiger partial charge in [0.1, 0.15) is 0 Å². The topological polar surface area (TPSA) is 52.3 Å². The fourth-order valence-electron chi connectivity index (χ4n) is 3.60. The Bertz CT molecular complexity index is 858. The lowest BCUT2D eigenvalue weighted by atomic mass is 10.0. The van der Waals surface area contributed by atoms with E-state index in [4.69, 9.17) is 9.15 Å². The molecule has 2 aromatic carbocycles. The predicted molar refractivity (Wildman–Crippen MR) is 94.0 cm³/mol. The van der Waals surface area contributed by atoms with E-state index in [-0.39, 0.29) is 23.7 Å². The number of rotatable bonds is 5. The zero-order chi connectivity index (χ0) is 17.2. The van der Waals surface area contributed by atoms with Crippen molar-refractivity contribution >= 4 is 5.97 Å². The van der Waals surface area contributed by atoms with Gasteiger partial charge in [-0.2, -0.15) is 0 Å². The van der Waals surface area contributed by atoms with Crippen molar-refractivity contribution in [3.63, 3.8) is 0 Å². The van der Waals surface area contributed by atoms with E-state index in [1.165, 1.54) is 12.0 Å². The number of oxazole rings is 1. The average Bonchev–Trinajstić information content (AvgIpc) is 3.16. The summed E-state index contributed by atoms with van der Waals surface area (Å²) < 4.78 is 10.7. The number of ether oxygens (including phenoxy) is 1. The van der Waals surface area contributed by atoms with E-state index in [0.29, 0.717) is 6.61 Å². The summed E-state index contributed by atoms with van der Waals surface area (Å²) >= 11 is 0. The molecule has 3 atom stereocenters. The zero-order valence-electron chi connectivity index (χ0n) is 14.0. The van der Waals surface area contributed by atoms with E-state index >= 15 is 0 Å². The number of carbonyl (C=O) groups excluding carboxylic acids is 1. The molecular weight excluding hydrogens is 314 g/mol. The maximum atomic E-state index is 12.4. The van der Waals surface area contributed by atoms with Gasteiger partial charge >= 0.3 is 5.97 Å². The maximum absolute atomic E-state index is 12.4. The molecule has 1 aliphatic rings. The van der Waals surface area contributed by atoms with Crippen LogP contribution in [0.1, 0.15) is 29.9 Å². The van der Waals surface area contributed by atoms with Gasteiger partial charge in [0.05, 0.1) is 18.7 Å². The first-order valence-corrected chi connectivity index (χ1v) is 8.50. The Morgan fingerprint density at radius 1 is 1.08 bits per heavy atom. The SMILES string of the molecule is CCOC(=O)[C@@H]1[C@H](c2ccccc2)[C@H]1c1cccc(-c2cnco2)c1. The highest BCUT2D eigenvalue weighted by atomic mass is 16.5. The van der Waals surface area contributed by atoms with Crippen molar-refractivity contribution in [1.82, 2.24) is 4.98 Å². The number of hydrogen-bond acceptors (Lipinski definition) is 4. The van der Waals surface area contributed by atoms with Gasteiger partial charge in [0.25, 0.3) is 0 Å². The van der Waals surface area contributed by atoms with Gasteiger partial charge in [0.15, 0.2) is 12.2 Å². The summed E-state index contributed by atoms with van der Waals surface area (Å²) in [7, 11) is 0. The minimum absolute atomic E-state index is 0.119. The Hall–Kier alpha value is -2.88. The van der Waals surface area contributed by atoms with Crippen molar-refractivity contribution in [3.05, 3.63) is 78.3 Å². The Kier molecular flexibility index (Phi) is 4.10. The number of aromatic nitrogens is 1. The van der Waals surface area contributed by atoms with Gasteiger partial charge in [0.2, 0.25) is 0 Å². The summed E-state index contributed by atoms with van der Waals surface area (Å²) in [5.74, 6) is 0.764. The van der Waals surface area contributed by atoms with Gasteiger partial charge in [0, 0.05) is 17.4 Å². The molecule has 0 N–H and O–H groups in total. The first-order chi connectivity index (χ1) is 12.3. The molecule has 25 heavy (non-hydrogen) atoms. The molecule has 0 bridgehead atoms. The average molecular weight is 333 g/mol. The second-order valence-electron chi connectivity index (χ2n) is 6.23. The molecule has 4 nitrogen and oxygen atoms in total. The maximum Gasteiger partial charge on any atom is 0.310 e. The highest BCUT2D eigenvalue weighted by Gasteiger charge is 2.57. The monoisotopic (exact) mass is 333 g/mol. The van der Waals surface area contributed by atoms with Crippen LogP contribution in [0, 0.1) is 5.92 Å². The zero-order valence-corrected chi connectivity index (χ0v) is 14.0. The van der Waals surface area contributed by atoms with Gasteiger partial charge in [-0.25, -0.2) is 4.98 Å². The molecule has 0 aliphatic heterocycles. The van der Waals surface area contributed by atoms with Crippen LogP contribution in [-0.4, -0.2) is 17.6 Å². The molecule has 4 heteroatoms. The molecule has 1 heterocycles. The second kappa shape index (κ2) is 6.55. The molecule has 1 saturated carbocycles. The lowest BCUT2D eigenvalue weighted by Crippen LogP contribution is -2.08. The predicted octanol–water partition coefficient (Wildman–Crippen LogP) is 4.40. The van der Waals surface area contributed by atoms with Crippen LogP contribution in [0.5, 0.6) is 0 Å². The van der Waals surface area contributed by atoms with E-state index in [9.17, 15) is 4.79 Å². The highest BCUT2D eigenvalue weighted by Crippen LogP contribution is 2.61. The van der Waals surface area contributed by atoms with Gasteiger partial charge in [-0.1, -0.05) is 48.5 Å². The Balaban J connectivity index is 1.68. The van der Waals surface area contributed by atoms with Crippen molar-refractivity contribution in [3.8, 4) is 11.3 Å². The lowest BCUT2D eigenvalue weighted by Gasteiger charge is -2.03. The van der Waals surface area contributed by atoms with Crippen molar-refractivity contribution in [2.24, 2.45) is 5.92 Å². The minimum atomic E-state index is -0.132.